The number of hydrogen-bond donors (Lipinski definition) is 2. The van der Waals surface area contributed by atoms with Gasteiger partial charge in [-0.25, -0.2) is 0 Å². The molecule has 2 rings (SSSR count). The highest BCUT2D eigenvalue weighted by Crippen LogP contribution is 2.35. The number of quaternary nitrogens is 1. The van der Waals surface area contributed by atoms with Crippen molar-refractivity contribution in [1.29, 1.82) is 0 Å². The molecule has 118 valence electrons. The van der Waals surface area contributed by atoms with Crippen LogP contribution in [0.2, 0.25) is 0 Å². The monoisotopic (exact) mass is 406 g/mol. The number of carbonyl (C=O) groups excluding carboxylic acids is 1. The van der Waals surface area contributed by atoms with E-state index >= 15 is 0 Å². The highest BCUT2D eigenvalue weighted by Gasteiger charge is 2.30. The first-order valence-electron chi connectivity index (χ1n) is 6.92. The van der Waals surface area contributed by atoms with Crippen molar-refractivity contribution in [2.75, 3.05) is 27.8 Å². The molecule has 0 fully saturated rings. The average molecular weight is 406 g/mol. The van der Waals surface area contributed by atoms with E-state index in [4.69, 9.17) is 15.2 Å². The number of hydrogen-bond acceptors (Lipinski definition) is 3. The lowest BCUT2D eigenvalue weighted by atomic mass is 9.89. The Balaban J connectivity index is 0.00000220. The second kappa shape index (κ2) is 7.84. The Labute approximate surface area is 142 Å². The van der Waals surface area contributed by atoms with Crippen LogP contribution in [0.3, 0.4) is 0 Å². The van der Waals surface area contributed by atoms with E-state index in [9.17, 15) is 4.79 Å². The third-order valence-electron chi connectivity index (χ3n) is 4.08. The Morgan fingerprint density at radius 1 is 1.33 bits per heavy atom. The maximum atomic E-state index is 11.1. The van der Waals surface area contributed by atoms with Gasteiger partial charge >= 0.3 is 0 Å². The van der Waals surface area contributed by atoms with E-state index in [0.29, 0.717) is 6.42 Å². The Morgan fingerprint density at radius 3 is 2.52 bits per heavy atom. The summed E-state index contributed by atoms with van der Waals surface area (Å²) in [5.74, 6) is 1.26. The van der Waals surface area contributed by atoms with Crippen LogP contribution in [0.25, 0.3) is 0 Å². The molecule has 0 aromatic heterocycles. The Morgan fingerprint density at radius 2 is 1.95 bits per heavy atom. The Hall–Kier alpha value is -1.02. The third kappa shape index (κ3) is 4.00. The van der Waals surface area contributed by atoms with Crippen molar-refractivity contribution in [3.05, 3.63) is 23.3 Å². The van der Waals surface area contributed by atoms with E-state index in [1.54, 1.807) is 14.2 Å². The second-order valence-corrected chi connectivity index (χ2v) is 5.31. The van der Waals surface area contributed by atoms with Crippen LogP contribution in [0.1, 0.15) is 30.0 Å². The summed E-state index contributed by atoms with van der Waals surface area (Å²) < 4.78 is 10.7. The Kier molecular flexibility index (Phi) is 6.73. The molecule has 0 saturated heterocycles. The lowest BCUT2D eigenvalue weighted by molar-refractivity contribution is -0.915. The molecule has 0 bridgehead atoms. The minimum Gasteiger partial charge on any atom is -1.00 e. The van der Waals surface area contributed by atoms with Crippen molar-refractivity contribution in [3.8, 4) is 11.5 Å². The fourth-order valence-corrected chi connectivity index (χ4v) is 2.94. The zero-order chi connectivity index (χ0) is 14.7. The first-order valence-corrected chi connectivity index (χ1v) is 6.92. The van der Waals surface area contributed by atoms with E-state index in [2.05, 4.69) is 13.1 Å². The summed E-state index contributed by atoms with van der Waals surface area (Å²) >= 11 is 0. The molecular weight excluding hydrogens is 383 g/mol. The van der Waals surface area contributed by atoms with E-state index in [1.807, 2.05) is 6.07 Å². The van der Waals surface area contributed by atoms with Crippen LogP contribution < -0.4 is 44.1 Å². The minimum absolute atomic E-state index is 0. The summed E-state index contributed by atoms with van der Waals surface area (Å²) in [7, 11) is 5.45. The predicted octanol–water partition coefficient (Wildman–Crippen LogP) is -2.91. The fraction of sp³-hybridized carbons (Fsp3) is 0.533. The molecule has 5 nitrogen and oxygen atoms in total. The topological polar surface area (TPSA) is 66.0 Å². The molecule has 0 radical (unpaired) electrons. The van der Waals surface area contributed by atoms with Gasteiger partial charge in [0.05, 0.1) is 27.8 Å². The molecule has 1 aliphatic heterocycles. The van der Waals surface area contributed by atoms with Gasteiger partial charge in [-0.3, -0.25) is 4.79 Å². The molecule has 1 aliphatic rings. The number of halogens is 1. The van der Waals surface area contributed by atoms with Crippen LogP contribution in [-0.2, 0) is 11.2 Å². The SMILES string of the molecule is COc1cc2c(cc1OC)C(CCC(N)=O)[NH+](C)CC2.[I-]. The number of nitrogens with two attached hydrogens (primary N) is 1. The van der Waals surface area contributed by atoms with Crippen LogP contribution >= 0.6 is 0 Å². The highest BCUT2D eigenvalue weighted by atomic mass is 127. The molecule has 1 heterocycles. The highest BCUT2D eigenvalue weighted by molar-refractivity contribution is 5.73. The van der Waals surface area contributed by atoms with Crippen LogP contribution in [0, 0.1) is 0 Å². The number of carbonyl (C=O) groups is 1. The van der Waals surface area contributed by atoms with Crippen LogP contribution in [0.5, 0.6) is 11.5 Å². The summed E-state index contributed by atoms with van der Waals surface area (Å²) in [6.07, 6.45) is 2.19. The zero-order valence-electron chi connectivity index (χ0n) is 12.7. The van der Waals surface area contributed by atoms with Crippen LogP contribution in [-0.4, -0.2) is 33.7 Å². The number of rotatable bonds is 5. The number of benzene rings is 1. The normalized spacial score (nSPS) is 20.1. The molecule has 6 heteroatoms. The summed E-state index contributed by atoms with van der Waals surface area (Å²) in [5.41, 5.74) is 7.81. The van der Waals surface area contributed by atoms with Gasteiger partial charge in [-0.1, -0.05) is 0 Å². The number of ether oxygens (including phenoxy) is 2. The fourth-order valence-electron chi connectivity index (χ4n) is 2.94. The third-order valence-corrected chi connectivity index (χ3v) is 4.08. The first-order chi connectivity index (χ1) is 9.56. The van der Waals surface area contributed by atoms with E-state index in [0.717, 1.165) is 30.9 Å². The van der Waals surface area contributed by atoms with Gasteiger partial charge in [-0.2, -0.15) is 0 Å². The summed E-state index contributed by atoms with van der Waals surface area (Å²) in [5, 5.41) is 0. The van der Waals surface area contributed by atoms with Crippen molar-refractivity contribution < 1.29 is 43.1 Å². The molecule has 0 spiro atoms. The smallest absolute Gasteiger partial charge is 0.217 e. The van der Waals surface area contributed by atoms with Crippen molar-refractivity contribution in [3.63, 3.8) is 0 Å². The van der Waals surface area contributed by atoms with E-state index < -0.39 is 0 Å². The van der Waals surface area contributed by atoms with Crippen molar-refractivity contribution >= 4 is 5.91 Å². The number of primary amides is 1. The quantitative estimate of drug-likeness (QED) is 0.516. The average Bonchev–Trinajstić information content (AvgIpc) is 2.44. The predicted molar refractivity (Wildman–Crippen MR) is 76.2 cm³/mol. The molecule has 3 N–H and O–H groups in total. The summed E-state index contributed by atoms with van der Waals surface area (Å²) in [6.45, 7) is 1.05. The largest absolute Gasteiger partial charge is 1.00 e. The van der Waals surface area contributed by atoms with Gasteiger partial charge < -0.3 is 44.1 Å². The first kappa shape index (κ1) is 18.0. The van der Waals surface area contributed by atoms with Crippen molar-refractivity contribution in [2.24, 2.45) is 5.73 Å². The van der Waals surface area contributed by atoms with Gasteiger partial charge in [0.25, 0.3) is 0 Å². The van der Waals surface area contributed by atoms with Gasteiger partial charge in [0, 0.05) is 24.8 Å². The number of nitrogens with one attached hydrogen (secondary N) is 1. The zero-order valence-corrected chi connectivity index (χ0v) is 14.9. The molecule has 0 saturated carbocycles. The number of likely N-dealkylation sites (N-methyl/N-ethyl adjacent to an activating group) is 1. The van der Waals surface area contributed by atoms with E-state index in [1.165, 1.54) is 16.0 Å². The van der Waals surface area contributed by atoms with Gasteiger partial charge in [0.1, 0.15) is 6.04 Å². The summed E-state index contributed by atoms with van der Waals surface area (Å²) in [6, 6.07) is 4.38. The van der Waals surface area contributed by atoms with Crippen molar-refractivity contribution in [1.82, 2.24) is 0 Å². The lowest BCUT2D eigenvalue weighted by Gasteiger charge is -2.32. The van der Waals surface area contributed by atoms with Crippen molar-refractivity contribution in [2.45, 2.75) is 25.3 Å². The second-order valence-electron chi connectivity index (χ2n) is 5.31. The molecule has 0 aliphatic carbocycles. The maximum absolute atomic E-state index is 11.1. The molecule has 21 heavy (non-hydrogen) atoms. The number of methoxy groups -OCH3 is 2. The Bertz CT molecular complexity index is 508. The lowest BCUT2D eigenvalue weighted by Crippen LogP contribution is -3.10. The molecule has 2 atom stereocenters. The van der Waals surface area contributed by atoms with Crippen LogP contribution in [0.15, 0.2) is 12.1 Å². The number of amides is 1. The maximum Gasteiger partial charge on any atom is 0.217 e. The molecule has 2 unspecified atom stereocenters. The van der Waals surface area contributed by atoms with Crippen LogP contribution in [0.4, 0.5) is 0 Å². The van der Waals surface area contributed by atoms with Gasteiger partial charge in [-0.15, -0.1) is 0 Å². The van der Waals surface area contributed by atoms with E-state index in [-0.39, 0.29) is 35.9 Å². The standard InChI is InChI=1S/C15H22N2O3.HI/c1-17-7-6-10-8-13(19-2)14(20-3)9-11(10)12(17)4-5-15(16)18;/h8-9,12H,4-7H2,1-3H3,(H2,16,18);1H. The number of fused-ring (bicyclic) bond motifs is 1. The molecule has 1 aromatic carbocycles. The van der Waals surface area contributed by atoms with Gasteiger partial charge in [0.15, 0.2) is 11.5 Å². The van der Waals surface area contributed by atoms with Gasteiger partial charge in [0.2, 0.25) is 5.91 Å². The molecular formula is C15H23IN2O3. The van der Waals surface area contributed by atoms with Gasteiger partial charge in [-0.05, 0) is 17.7 Å². The summed E-state index contributed by atoms with van der Waals surface area (Å²) in [4.78, 5) is 12.5. The molecule has 1 aromatic rings. The minimum atomic E-state index is -0.245. The molecule has 1 amide bonds.